The van der Waals surface area contributed by atoms with E-state index < -0.39 is 17.7 Å². The van der Waals surface area contributed by atoms with Crippen LogP contribution in [-0.4, -0.2) is 58.8 Å². The Labute approximate surface area is 242 Å². The quantitative estimate of drug-likeness (QED) is 0.310. The molecule has 2 aromatic carbocycles. The molecular weight excluding hydrogens is 544 g/mol. The predicted molar refractivity (Wildman–Crippen MR) is 155 cm³/mol. The third kappa shape index (κ3) is 5.47. The van der Waals surface area contributed by atoms with E-state index in [9.17, 15) is 8.78 Å². The Kier molecular flexibility index (Phi) is 7.65. The monoisotopic (exact) mass is 577 g/mol. The van der Waals surface area contributed by atoms with E-state index in [-0.39, 0.29) is 17.8 Å². The van der Waals surface area contributed by atoms with Gasteiger partial charge in [0.2, 0.25) is 0 Å². The minimum Gasteiger partial charge on any atom is -0.494 e. The van der Waals surface area contributed by atoms with Gasteiger partial charge < -0.3 is 19.7 Å². The van der Waals surface area contributed by atoms with Crippen molar-refractivity contribution in [1.82, 2.24) is 19.7 Å². The molecule has 12 heteroatoms. The van der Waals surface area contributed by atoms with Gasteiger partial charge in [0.25, 0.3) is 0 Å². The lowest BCUT2D eigenvalue weighted by atomic mass is 10.0. The molecule has 0 saturated carbocycles. The maximum atomic E-state index is 14.6. The fraction of sp³-hybridized carbons (Fsp3) is 0.367. The number of ether oxygens (including phenoxy) is 2. The average molecular weight is 578 g/mol. The summed E-state index contributed by atoms with van der Waals surface area (Å²) in [6, 6.07) is 9.37. The van der Waals surface area contributed by atoms with Gasteiger partial charge in [0.15, 0.2) is 17.5 Å². The summed E-state index contributed by atoms with van der Waals surface area (Å²) in [5.74, 6) is -0.266. The molecule has 4 aromatic rings. The molecule has 2 aliphatic rings. The van der Waals surface area contributed by atoms with Crippen LogP contribution in [0.15, 0.2) is 55.1 Å². The van der Waals surface area contributed by atoms with Gasteiger partial charge in [-0.1, -0.05) is 12.1 Å². The Morgan fingerprint density at radius 1 is 1.07 bits per heavy atom. The highest BCUT2D eigenvalue weighted by Gasteiger charge is 2.32. The van der Waals surface area contributed by atoms with E-state index in [1.54, 1.807) is 23.9 Å². The molecule has 0 radical (unpaired) electrons. The first-order valence-electron chi connectivity index (χ1n) is 13.9. The van der Waals surface area contributed by atoms with Crippen molar-refractivity contribution in [2.24, 2.45) is 7.05 Å². The molecule has 220 valence electrons. The highest BCUT2D eigenvalue weighted by molar-refractivity contribution is 5.85. The van der Waals surface area contributed by atoms with Crippen molar-refractivity contribution >= 4 is 23.0 Å². The molecule has 0 amide bonds. The van der Waals surface area contributed by atoms with Crippen molar-refractivity contribution in [3.8, 4) is 16.9 Å². The van der Waals surface area contributed by atoms with Gasteiger partial charge in [-0.2, -0.15) is 5.10 Å². The number of morpholine rings is 1. The van der Waals surface area contributed by atoms with Crippen LogP contribution in [0.1, 0.15) is 31.9 Å². The number of hydrogen-bond donors (Lipinski definition) is 1. The van der Waals surface area contributed by atoms with Crippen LogP contribution >= 0.6 is 0 Å². The first-order chi connectivity index (χ1) is 20.3. The summed E-state index contributed by atoms with van der Waals surface area (Å²) in [5, 5.41) is 9.27. The van der Waals surface area contributed by atoms with Crippen LogP contribution in [-0.2, 0) is 16.6 Å². The van der Waals surface area contributed by atoms with Gasteiger partial charge in [-0.15, -0.1) is 0 Å². The van der Waals surface area contributed by atoms with E-state index in [4.69, 9.17) is 14.3 Å². The molecule has 2 aromatic heterocycles. The third-order valence-electron chi connectivity index (χ3n) is 7.48. The third-order valence-corrected chi connectivity index (χ3v) is 7.48. The minimum absolute atomic E-state index is 0.0798. The molecule has 10 nitrogen and oxygen atoms in total. The Morgan fingerprint density at radius 3 is 2.62 bits per heavy atom. The van der Waals surface area contributed by atoms with E-state index in [0.717, 1.165) is 36.0 Å². The van der Waals surface area contributed by atoms with Gasteiger partial charge in [-0.3, -0.25) is 9.52 Å². The maximum absolute atomic E-state index is 14.6. The van der Waals surface area contributed by atoms with Crippen LogP contribution in [0.3, 0.4) is 0 Å². The second-order valence-electron chi connectivity index (χ2n) is 10.6. The zero-order valence-electron chi connectivity index (χ0n) is 23.9. The van der Waals surface area contributed by atoms with Crippen molar-refractivity contribution in [3.05, 3.63) is 72.3 Å². The number of rotatable bonds is 7. The van der Waals surface area contributed by atoms with Crippen LogP contribution < -0.4 is 20.0 Å². The summed E-state index contributed by atoms with van der Waals surface area (Å²) in [6.45, 7) is 5.97. The number of benzene rings is 2. The van der Waals surface area contributed by atoms with Gasteiger partial charge in [0, 0.05) is 67.3 Å². The lowest BCUT2D eigenvalue weighted by Gasteiger charge is -2.38. The molecule has 2 saturated heterocycles. The molecule has 42 heavy (non-hydrogen) atoms. The predicted octanol–water partition coefficient (Wildman–Crippen LogP) is 5.40. The summed E-state index contributed by atoms with van der Waals surface area (Å²) in [4.78, 5) is 16.9. The number of nitrogens with zero attached hydrogens (tertiary/aromatic N) is 6. The van der Waals surface area contributed by atoms with Crippen molar-refractivity contribution in [3.63, 3.8) is 0 Å². The van der Waals surface area contributed by atoms with Crippen LogP contribution in [0.4, 0.5) is 31.8 Å². The lowest BCUT2D eigenvalue weighted by molar-refractivity contribution is -0.00519. The number of aryl methyl sites for hydroxylation is 1. The number of anilines is 4. The average Bonchev–Trinajstić information content (AvgIpc) is 3.63. The molecule has 2 fully saturated rings. The molecule has 3 atom stereocenters. The number of nitrogens with one attached hydrogen (secondary N) is 1. The number of methoxy groups -OCH3 is 1. The fourth-order valence-electron chi connectivity index (χ4n) is 5.69. The smallest absolute Gasteiger partial charge is 0.164 e. The standard InChI is InChI=1S/C30H33F2N7O3/c1-18-14-38(15-19(2)42-18)26-11-27(40-4)24(10-22(26)20-13-35-37(3)16-20)36-28-12-29(34-17-33-28)39-25(8-9-41-39)21-6-5-7-23(31)30(21)32/h5-7,10-13,16-19,25H,8-9,14-15H2,1-4H3,(H,33,34,36)/t18-,19-,25+/m0/s1. The van der Waals surface area contributed by atoms with Gasteiger partial charge >= 0.3 is 0 Å². The first kappa shape index (κ1) is 27.9. The van der Waals surface area contributed by atoms with Gasteiger partial charge in [-0.25, -0.2) is 23.8 Å². The Hall–Kier alpha value is -4.29. The second-order valence-corrected chi connectivity index (χ2v) is 10.6. The number of hydrogen-bond acceptors (Lipinski definition) is 9. The lowest BCUT2D eigenvalue weighted by Crippen LogP contribution is -2.45. The summed E-state index contributed by atoms with van der Waals surface area (Å²) in [7, 11) is 3.51. The SMILES string of the molecule is COc1cc(N2C[C@H](C)O[C@@H](C)C2)c(-c2cnn(C)c2)cc1Nc1cc(N2OCC[C@@H]2c2cccc(F)c2F)ncn1. The number of aromatic nitrogens is 4. The van der Waals surface area contributed by atoms with Crippen LogP contribution in [0.2, 0.25) is 0 Å². The van der Waals surface area contributed by atoms with Crippen molar-refractivity contribution < 1.29 is 23.1 Å². The van der Waals surface area contributed by atoms with E-state index in [1.807, 2.05) is 31.6 Å². The van der Waals surface area contributed by atoms with Gasteiger partial charge in [-0.05, 0) is 26.0 Å². The Morgan fingerprint density at radius 2 is 1.88 bits per heavy atom. The Bertz CT molecular complexity index is 1570. The first-order valence-corrected chi connectivity index (χ1v) is 13.9. The minimum atomic E-state index is -0.898. The van der Waals surface area contributed by atoms with Crippen molar-refractivity contribution in [1.29, 1.82) is 0 Å². The summed E-state index contributed by atoms with van der Waals surface area (Å²) in [5.41, 5.74) is 3.85. The molecule has 1 N–H and O–H groups in total. The van der Waals surface area contributed by atoms with E-state index in [0.29, 0.717) is 36.1 Å². The summed E-state index contributed by atoms with van der Waals surface area (Å²) < 4.78 is 42.2. The molecule has 6 rings (SSSR count). The molecule has 0 spiro atoms. The van der Waals surface area contributed by atoms with E-state index >= 15 is 0 Å². The number of halogens is 2. The topological polar surface area (TPSA) is 89.8 Å². The molecule has 0 aliphatic carbocycles. The maximum Gasteiger partial charge on any atom is 0.164 e. The highest BCUT2D eigenvalue weighted by Crippen LogP contribution is 2.42. The van der Waals surface area contributed by atoms with Crippen LogP contribution in [0.25, 0.3) is 11.1 Å². The fourth-order valence-corrected chi connectivity index (χ4v) is 5.69. The van der Waals surface area contributed by atoms with Crippen LogP contribution in [0, 0.1) is 11.6 Å². The Balaban J connectivity index is 1.35. The zero-order valence-corrected chi connectivity index (χ0v) is 23.9. The number of hydroxylamine groups is 1. The highest BCUT2D eigenvalue weighted by atomic mass is 19.2. The molecule has 4 heterocycles. The van der Waals surface area contributed by atoms with E-state index in [1.165, 1.54) is 17.5 Å². The summed E-state index contributed by atoms with van der Waals surface area (Å²) in [6.07, 6.45) is 5.85. The van der Waals surface area contributed by atoms with Gasteiger partial charge in [0.05, 0.1) is 43.9 Å². The summed E-state index contributed by atoms with van der Waals surface area (Å²) >= 11 is 0. The van der Waals surface area contributed by atoms with Crippen LogP contribution in [0.5, 0.6) is 5.75 Å². The van der Waals surface area contributed by atoms with Crippen molar-refractivity contribution in [2.45, 2.75) is 38.5 Å². The molecular formula is C30H33F2N7O3. The molecule has 2 aliphatic heterocycles. The largest absolute Gasteiger partial charge is 0.494 e. The molecule has 0 unspecified atom stereocenters. The molecule has 0 bridgehead atoms. The normalized spacial score (nSPS) is 20.7. The van der Waals surface area contributed by atoms with Gasteiger partial charge in [0.1, 0.15) is 17.9 Å². The second kappa shape index (κ2) is 11.5. The zero-order chi connectivity index (χ0) is 29.4. The van der Waals surface area contributed by atoms with Crippen molar-refractivity contribution in [2.75, 3.05) is 42.1 Å². The van der Waals surface area contributed by atoms with E-state index in [2.05, 4.69) is 39.1 Å².